The highest BCUT2D eigenvalue weighted by molar-refractivity contribution is 5.55. The van der Waals surface area contributed by atoms with Gasteiger partial charge in [-0.2, -0.15) is 0 Å². The predicted molar refractivity (Wildman–Crippen MR) is 70.2 cm³/mol. The lowest BCUT2D eigenvalue weighted by Crippen LogP contribution is -2.28. The molecule has 0 aromatic carbocycles. The van der Waals surface area contributed by atoms with Crippen molar-refractivity contribution in [2.24, 2.45) is 0 Å². The van der Waals surface area contributed by atoms with Gasteiger partial charge < -0.3 is 10.0 Å². The Bertz CT molecular complexity index is 374. The zero-order valence-electron chi connectivity index (χ0n) is 10.8. The number of aliphatic hydroxyl groups is 1. The summed E-state index contributed by atoms with van der Waals surface area (Å²) in [6.07, 6.45) is 6.81. The largest absolute Gasteiger partial charge is 0.392 e. The number of rotatable bonds is 6. The normalized spacial score (nSPS) is 15.0. The molecule has 1 N–H and O–H groups in total. The predicted octanol–water partition coefficient (Wildman–Crippen LogP) is 2.65. The number of unbranched alkanes of at least 4 members (excludes halogenated alkanes) is 1. The molecule has 0 atom stereocenters. The van der Waals surface area contributed by atoms with E-state index in [1.807, 2.05) is 13.1 Å². The van der Waals surface area contributed by atoms with E-state index in [4.69, 9.17) is 0 Å². The lowest BCUT2D eigenvalue weighted by Gasteiger charge is -2.26. The third kappa shape index (κ3) is 2.97. The molecule has 0 saturated heterocycles. The molecule has 0 bridgehead atoms. The van der Waals surface area contributed by atoms with E-state index in [0.717, 1.165) is 17.8 Å². The topological polar surface area (TPSA) is 36.4 Å². The van der Waals surface area contributed by atoms with Crippen LogP contribution >= 0.6 is 0 Å². The molecule has 0 unspecified atom stereocenters. The van der Waals surface area contributed by atoms with Gasteiger partial charge in [0, 0.05) is 35.7 Å². The highest BCUT2D eigenvalue weighted by Gasteiger charge is 2.30. The van der Waals surface area contributed by atoms with Crippen LogP contribution in [0.25, 0.3) is 0 Å². The Kier molecular flexibility index (Phi) is 4.00. The van der Waals surface area contributed by atoms with Crippen molar-refractivity contribution in [2.75, 3.05) is 11.4 Å². The SMILES string of the molecule is CCCCN(c1cc(C)ncc1CO)C1CC1. The number of nitrogens with zero attached hydrogens (tertiary/aromatic N) is 2. The average Bonchev–Trinajstić information content (AvgIpc) is 3.14. The Morgan fingerprint density at radius 3 is 2.82 bits per heavy atom. The van der Waals surface area contributed by atoms with Crippen molar-refractivity contribution < 1.29 is 5.11 Å². The van der Waals surface area contributed by atoms with Crippen LogP contribution in [0.3, 0.4) is 0 Å². The first-order valence-electron chi connectivity index (χ1n) is 6.59. The van der Waals surface area contributed by atoms with Gasteiger partial charge in [0.25, 0.3) is 0 Å². The fraction of sp³-hybridized carbons (Fsp3) is 0.643. The molecule has 1 aromatic heterocycles. The number of hydrogen-bond donors (Lipinski definition) is 1. The second-order valence-corrected chi connectivity index (χ2v) is 4.89. The molecule has 17 heavy (non-hydrogen) atoms. The zero-order chi connectivity index (χ0) is 12.3. The number of anilines is 1. The maximum absolute atomic E-state index is 9.42. The summed E-state index contributed by atoms with van der Waals surface area (Å²) < 4.78 is 0. The van der Waals surface area contributed by atoms with E-state index >= 15 is 0 Å². The molecule has 1 heterocycles. The van der Waals surface area contributed by atoms with Gasteiger partial charge in [0.1, 0.15) is 0 Å². The Labute approximate surface area is 103 Å². The minimum atomic E-state index is 0.0813. The highest BCUT2D eigenvalue weighted by atomic mass is 16.3. The van der Waals surface area contributed by atoms with Crippen LogP contribution < -0.4 is 4.90 Å². The zero-order valence-corrected chi connectivity index (χ0v) is 10.8. The molecule has 0 aliphatic heterocycles. The monoisotopic (exact) mass is 234 g/mol. The third-order valence-electron chi connectivity index (χ3n) is 3.32. The lowest BCUT2D eigenvalue weighted by molar-refractivity contribution is 0.281. The fourth-order valence-corrected chi connectivity index (χ4v) is 2.18. The van der Waals surface area contributed by atoms with E-state index in [-0.39, 0.29) is 6.61 Å². The standard InChI is InChI=1S/C14H22N2O/c1-3-4-7-16(13-5-6-13)14-8-11(2)15-9-12(14)10-17/h8-9,13,17H,3-7,10H2,1-2H3. The van der Waals surface area contributed by atoms with Crippen molar-refractivity contribution in [3.8, 4) is 0 Å². The van der Waals surface area contributed by atoms with E-state index in [2.05, 4.69) is 22.9 Å². The van der Waals surface area contributed by atoms with Crippen molar-refractivity contribution >= 4 is 5.69 Å². The van der Waals surface area contributed by atoms with Crippen LogP contribution in [0.4, 0.5) is 5.69 Å². The van der Waals surface area contributed by atoms with Gasteiger partial charge in [0.2, 0.25) is 0 Å². The Morgan fingerprint density at radius 2 is 2.24 bits per heavy atom. The van der Waals surface area contributed by atoms with E-state index in [9.17, 15) is 5.11 Å². The van der Waals surface area contributed by atoms with Gasteiger partial charge in [-0.1, -0.05) is 13.3 Å². The number of aliphatic hydroxyl groups excluding tert-OH is 1. The van der Waals surface area contributed by atoms with Crippen molar-refractivity contribution in [3.63, 3.8) is 0 Å². The van der Waals surface area contributed by atoms with E-state index in [1.165, 1.54) is 31.4 Å². The quantitative estimate of drug-likeness (QED) is 0.822. The maximum Gasteiger partial charge on any atom is 0.0717 e. The maximum atomic E-state index is 9.42. The molecule has 0 spiro atoms. The summed E-state index contributed by atoms with van der Waals surface area (Å²) in [6.45, 7) is 5.40. The summed E-state index contributed by atoms with van der Waals surface area (Å²) in [5.41, 5.74) is 3.17. The minimum Gasteiger partial charge on any atom is -0.392 e. The number of hydrogen-bond acceptors (Lipinski definition) is 3. The van der Waals surface area contributed by atoms with Gasteiger partial charge in [-0.3, -0.25) is 4.98 Å². The van der Waals surface area contributed by atoms with Gasteiger partial charge in [-0.25, -0.2) is 0 Å². The summed E-state index contributed by atoms with van der Waals surface area (Å²) >= 11 is 0. The molecule has 94 valence electrons. The number of aromatic nitrogens is 1. The van der Waals surface area contributed by atoms with Crippen LogP contribution in [-0.2, 0) is 6.61 Å². The van der Waals surface area contributed by atoms with Crippen LogP contribution in [0.5, 0.6) is 0 Å². The molecular weight excluding hydrogens is 212 g/mol. The highest BCUT2D eigenvalue weighted by Crippen LogP contribution is 2.34. The molecule has 2 rings (SSSR count). The van der Waals surface area contributed by atoms with Gasteiger partial charge in [0.15, 0.2) is 0 Å². The van der Waals surface area contributed by atoms with Crippen molar-refractivity contribution in [1.82, 2.24) is 4.98 Å². The summed E-state index contributed by atoms with van der Waals surface area (Å²) in [5.74, 6) is 0. The van der Waals surface area contributed by atoms with Gasteiger partial charge in [0.05, 0.1) is 6.61 Å². The Balaban J connectivity index is 2.23. The van der Waals surface area contributed by atoms with E-state index < -0.39 is 0 Å². The van der Waals surface area contributed by atoms with Crippen LogP contribution in [0.15, 0.2) is 12.3 Å². The van der Waals surface area contributed by atoms with Crippen LogP contribution in [0.2, 0.25) is 0 Å². The molecule has 1 saturated carbocycles. The smallest absolute Gasteiger partial charge is 0.0717 e. The Hall–Kier alpha value is -1.09. The molecule has 1 fully saturated rings. The van der Waals surface area contributed by atoms with Gasteiger partial charge in [-0.05, 0) is 32.3 Å². The molecule has 0 radical (unpaired) electrons. The second-order valence-electron chi connectivity index (χ2n) is 4.89. The molecule has 3 nitrogen and oxygen atoms in total. The van der Waals surface area contributed by atoms with E-state index in [1.54, 1.807) is 0 Å². The molecule has 1 aliphatic carbocycles. The molecular formula is C14H22N2O. The minimum absolute atomic E-state index is 0.0813. The number of aryl methyl sites for hydroxylation is 1. The van der Waals surface area contributed by atoms with Crippen LogP contribution in [0.1, 0.15) is 43.9 Å². The first-order chi connectivity index (χ1) is 8.26. The molecule has 0 amide bonds. The molecule has 1 aliphatic rings. The summed E-state index contributed by atoms with van der Waals surface area (Å²) in [7, 11) is 0. The second kappa shape index (κ2) is 5.50. The summed E-state index contributed by atoms with van der Waals surface area (Å²) in [5, 5.41) is 9.42. The van der Waals surface area contributed by atoms with Crippen LogP contribution in [0, 0.1) is 6.92 Å². The lowest BCUT2D eigenvalue weighted by atomic mass is 10.1. The average molecular weight is 234 g/mol. The first kappa shape index (κ1) is 12.4. The summed E-state index contributed by atoms with van der Waals surface area (Å²) in [6, 6.07) is 2.80. The Morgan fingerprint density at radius 1 is 1.47 bits per heavy atom. The first-order valence-corrected chi connectivity index (χ1v) is 6.59. The van der Waals surface area contributed by atoms with Crippen LogP contribution in [-0.4, -0.2) is 22.7 Å². The number of pyridine rings is 1. The molecule has 1 aromatic rings. The molecule has 3 heteroatoms. The van der Waals surface area contributed by atoms with Crippen molar-refractivity contribution in [1.29, 1.82) is 0 Å². The van der Waals surface area contributed by atoms with Gasteiger partial charge >= 0.3 is 0 Å². The summed E-state index contributed by atoms with van der Waals surface area (Å²) in [4.78, 5) is 6.73. The fourth-order valence-electron chi connectivity index (χ4n) is 2.18. The van der Waals surface area contributed by atoms with Crippen molar-refractivity contribution in [2.45, 2.75) is 52.2 Å². The third-order valence-corrected chi connectivity index (χ3v) is 3.32. The van der Waals surface area contributed by atoms with E-state index in [0.29, 0.717) is 6.04 Å². The van der Waals surface area contributed by atoms with Gasteiger partial charge in [-0.15, -0.1) is 0 Å². The van der Waals surface area contributed by atoms with Crippen molar-refractivity contribution in [3.05, 3.63) is 23.5 Å².